The first-order valence-electron chi connectivity index (χ1n) is 21.4. The molecule has 0 bridgehead atoms. The third-order valence-corrected chi connectivity index (χ3v) is 16.4. The van der Waals surface area contributed by atoms with E-state index in [9.17, 15) is 4.39 Å². The monoisotopic (exact) mass is 1050 g/mol. The number of rotatable bonds is 5. The van der Waals surface area contributed by atoms with Crippen LogP contribution in [-0.4, -0.2) is 27.8 Å². The molecule has 11 rings (SSSR count). The molecule has 1 radical (unpaired) electrons. The van der Waals surface area contributed by atoms with Gasteiger partial charge >= 0.3 is 114 Å². The van der Waals surface area contributed by atoms with Gasteiger partial charge in [0.05, 0.1) is 16.9 Å². The van der Waals surface area contributed by atoms with E-state index in [1.807, 2.05) is 11.3 Å². The Morgan fingerprint density at radius 2 is 1.39 bits per heavy atom. The van der Waals surface area contributed by atoms with E-state index in [1.165, 1.54) is 65.0 Å². The molecule has 8 aromatic carbocycles. The molecular formula is C54H40FGeIrN3S-2. The molecule has 0 saturated carbocycles. The van der Waals surface area contributed by atoms with Crippen LogP contribution in [-0.2, 0) is 20.1 Å². The molecule has 0 N–H and O–H groups in total. The quantitative estimate of drug-likeness (QED) is 0.0977. The summed E-state index contributed by atoms with van der Waals surface area (Å²) in [6, 6.07) is 61.9. The molecule has 7 heteroatoms. The summed E-state index contributed by atoms with van der Waals surface area (Å²) in [5.74, 6) is 6.92. The Kier molecular flexibility index (Phi) is 10.1. The van der Waals surface area contributed by atoms with Crippen molar-refractivity contribution in [3.8, 4) is 39.5 Å². The minimum absolute atomic E-state index is 0. The van der Waals surface area contributed by atoms with Gasteiger partial charge in [-0.25, -0.2) is 0 Å². The molecule has 3 nitrogen and oxygen atoms in total. The van der Waals surface area contributed by atoms with Gasteiger partial charge in [-0.2, -0.15) is 11.3 Å². The molecule has 3 aromatic heterocycles. The fourth-order valence-corrected chi connectivity index (χ4v) is 12.0. The molecule has 61 heavy (non-hydrogen) atoms. The van der Waals surface area contributed by atoms with Gasteiger partial charge in [0.2, 0.25) is 0 Å². The minimum Gasteiger partial charge on any atom is -0.333 e. The van der Waals surface area contributed by atoms with Crippen molar-refractivity contribution < 1.29 is 28.6 Å². The van der Waals surface area contributed by atoms with Gasteiger partial charge in [0.15, 0.2) is 0 Å². The number of halogens is 1. The molecule has 0 spiro atoms. The largest absolute Gasteiger partial charge is 0.333 e. The molecule has 3 heterocycles. The first-order chi connectivity index (χ1) is 30.4. The molecule has 299 valence electrons. The Morgan fingerprint density at radius 1 is 0.656 bits per heavy atom. The first kappa shape index (κ1) is 37.0. The van der Waals surface area contributed by atoms with E-state index in [1.54, 1.807) is 18.3 Å². The number of para-hydroxylation sites is 3. The summed E-state index contributed by atoms with van der Waals surface area (Å²) in [7, 11) is 0. The van der Waals surface area contributed by atoms with Crippen molar-refractivity contribution in [2.45, 2.75) is 24.1 Å². The van der Waals surface area contributed by atoms with E-state index >= 15 is 0 Å². The molecule has 0 unspecified atom stereocenters. The minimum atomic E-state index is -2.34. The van der Waals surface area contributed by atoms with Crippen molar-refractivity contribution in [3.05, 3.63) is 194 Å². The van der Waals surface area contributed by atoms with Gasteiger partial charge in [-0.05, 0) is 67.5 Å². The molecule has 0 aliphatic heterocycles. The maximum atomic E-state index is 13.0. The van der Waals surface area contributed by atoms with Gasteiger partial charge in [0, 0.05) is 36.1 Å². The molecular weight excluding hydrogens is 1010 g/mol. The number of aryl methyl sites for hydroxylation is 1. The van der Waals surface area contributed by atoms with Crippen LogP contribution >= 0.6 is 11.3 Å². The van der Waals surface area contributed by atoms with Crippen LogP contribution in [0, 0.1) is 24.8 Å². The van der Waals surface area contributed by atoms with Crippen LogP contribution < -0.4 is 4.40 Å². The Bertz CT molecular complexity index is 3510. The number of hydrogen-bond acceptors (Lipinski definition) is 3. The maximum absolute atomic E-state index is 13.0. The molecule has 0 amide bonds. The Balaban J connectivity index is 0.000000200. The summed E-state index contributed by atoms with van der Waals surface area (Å²) in [4.78, 5) is 9.55. The molecule has 0 atom stereocenters. The first-order valence-corrected chi connectivity index (χ1v) is 28.1. The second-order valence-corrected chi connectivity index (χ2v) is 27.7. The smallest absolute Gasteiger partial charge is 0.0774 e. The predicted molar refractivity (Wildman–Crippen MR) is 255 cm³/mol. The van der Waals surface area contributed by atoms with Gasteiger partial charge in [0.25, 0.3) is 0 Å². The normalized spacial score (nSPS) is 12.5. The third-order valence-electron chi connectivity index (χ3n) is 11.1. The Morgan fingerprint density at radius 3 is 2.21 bits per heavy atom. The molecule has 11 aromatic rings. The zero-order valence-electron chi connectivity index (χ0n) is 36.6. The average Bonchev–Trinajstić information content (AvgIpc) is 3.86. The van der Waals surface area contributed by atoms with Gasteiger partial charge < -0.3 is 4.57 Å². The van der Waals surface area contributed by atoms with Crippen LogP contribution in [0.5, 0.6) is 0 Å². The summed E-state index contributed by atoms with van der Waals surface area (Å²) in [6.45, 7) is -2.18. The summed E-state index contributed by atoms with van der Waals surface area (Å²) in [5, 5.41) is 7.66. The molecule has 0 saturated heterocycles. The number of pyridine rings is 1. The number of fused-ring (bicyclic) bond motifs is 7. The van der Waals surface area contributed by atoms with Crippen molar-refractivity contribution in [1.29, 1.82) is 0 Å². The second kappa shape index (κ2) is 16.6. The molecule has 0 fully saturated rings. The predicted octanol–water partition coefficient (Wildman–Crippen LogP) is 14.4. The number of benzene rings is 8. The van der Waals surface area contributed by atoms with E-state index < -0.39 is 20.1 Å². The summed E-state index contributed by atoms with van der Waals surface area (Å²) >= 11 is -0.501. The van der Waals surface area contributed by atoms with Gasteiger partial charge in [-0.3, -0.25) is 4.98 Å². The van der Waals surface area contributed by atoms with Crippen molar-refractivity contribution in [2.75, 3.05) is 0 Å². The van der Waals surface area contributed by atoms with Crippen molar-refractivity contribution in [3.63, 3.8) is 0 Å². The standard InChI is InChI=1S/C39H23N2S.C15H17FGeN.Ir/c1-2-10-25(11-3-1)30-14-6-8-16-35(30)41-36-17-9-7-15-34(36)40-39(41)28-20-21-37-32(23-28)33-22-27-19-18-26-12-4-5-13-29(26)31(27)24-38(33)42-37;1-11-9-15(12-5-7-13(16)8-6-12)18-10-14(11)17(2,3)4;/h1-19,21-24H;5,7-10H,1-4H3;/q2*-1;/i;1D3;. The van der Waals surface area contributed by atoms with Crippen molar-refractivity contribution in [1.82, 2.24) is 14.5 Å². The Labute approximate surface area is 379 Å². The van der Waals surface area contributed by atoms with Crippen LogP contribution in [0.4, 0.5) is 4.39 Å². The van der Waals surface area contributed by atoms with Crippen LogP contribution in [0.25, 0.3) is 92.2 Å². The van der Waals surface area contributed by atoms with Crippen LogP contribution in [0.1, 0.15) is 9.68 Å². The number of nitrogens with zero attached hydrogens (tertiary/aromatic N) is 3. The zero-order valence-corrected chi connectivity index (χ0v) is 38.9. The Hall–Kier alpha value is -5.76. The van der Waals surface area contributed by atoms with Gasteiger partial charge in [0.1, 0.15) is 0 Å². The van der Waals surface area contributed by atoms with E-state index in [2.05, 4.69) is 178 Å². The summed E-state index contributed by atoms with van der Waals surface area (Å²) < 4.78 is 41.9. The van der Waals surface area contributed by atoms with Crippen LogP contribution in [0.15, 0.2) is 170 Å². The van der Waals surface area contributed by atoms with Gasteiger partial charge in [-0.15, -0.1) is 23.8 Å². The molecule has 0 aliphatic rings. The fourth-order valence-electron chi connectivity index (χ4n) is 8.10. The summed E-state index contributed by atoms with van der Waals surface area (Å²) in [6.07, 6.45) is 1.67. The van der Waals surface area contributed by atoms with Crippen LogP contribution in [0.3, 0.4) is 0 Å². The average molecular weight is 1050 g/mol. The van der Waals surface area contributed by atoms with Crippen molar-refractivity contribution in [2.24, 2.45) is 0 Å². The fraction of sp³-hybridized carbons (Fsp3) is 0.0741. The number of hydrogen-bond donors (Lipinski definition) is 0. The van der Waals surface area contributed by atoms with E-state index in [0.717, 1.165) is 32.5 Å². The van der Waals surface area contributed by atoms with Crippen LogP contribution in [0.2, 0.25) is 17.3 Å². The number of aromatic nitrogens is 3. The third kappa shape index (κ3) is 7.75. The maximum Gasteiger partial charge on any atom is 0.0774 e. The molecule has 0 aliphatic carbocycles. The summed E-state index contributed by atoms with van der Waals surface area (Å²) in [5.41, 5.74) is 7.95. The van der Waals surface area contributed by atoms with E-state index in [0.29, 0.717) is 16.8 Å². The van der Waals surface area contributed by atoms with E-state index in [4.69, 9.17) is 9.10 Å². The number of thiophene rings is 1. The topological polar surface area (TPSA) is 30.7 Å². The van der Waals surface area contributed by atoms with Crippen molar-refractivity contribution >= 4 is 81.7 Å². The SMILES string of the molecule is [2H]C([2H])([2H])c1cc(-c2[c-]cc(F)cc2)nc[c]1[Ge]([CH3])([CH3])[CH3].[Ir].[c-]1cc2sc3cc4c(ccc5ccccc54)cc3c2cc1-c1nc2ccccc2n1-c1ccccc1-c1ccccc1. The van der Waals surface area contributed by atoms with E-state index in [-0.39, 0.29) is 25.9 Å². The second-order valence-electron chi connectivity index (χ2n) is 16.0. The van der Waals surface area contributed by atoms with Gasteiger partial charge in [-0.1, -0.05) is 102 Å². The number of imidazole rings is 1. The zero-order chi connectivity index (χ0) is 43.5.